The molecule has 2 aliphatic rings. The summed E-state index contributed by atoms with van der Waals surface area (Å²) in [6.45, 7) is 6.92. The molecule has 0 aromatic heterocycles. The SMILES string of the molecule is CCNC(=NCCCC(=O)N1Cc2ccccc2C1)N1CCC(Oc2ccccc2)CC1.I. The maximum Gasteiger partial charge on any atom is 0.223 e. The highest BCUT2D eigenvalue weighted by atomic mass is 127. The van der Waals surface area contributed by atoms with Crippen molar-refractivity contribution in [3.63, 3.8) is 0 Å². The van der Waals surface area contributed by atoms with Crippen LogP contribution >= 0.6 is 24.0 Å². The van der Waals surface area contributed by atoms with Gasteiger partial charge in [-0.15, -0.1) is 24.0 Å². The van der Waals surface area contributed by atoms with Crippen LogP contribution in [0.15, 0.2) is 59.6 Å². The van der Waals surface area contributed by atoms with Gasteiger partial charge in [0.2, 0.25) is 5.91 Å². The molecule has 2 aliphatic heterocycles. The second-order valence-electron chi connectivity index (χ2n) is 8.48. The van der Waals surface area contributed by atoms with Crippen molar-refractivity contribution in [1.82, 2.24) is 15.1 Å². The third-order valence-electron chi connectivity index (χ3n) is 6.13. The van der Waals surface area contributed by atoms with Gasteiger partial charge in [0.15, 0.2) is 5.96 Å². The molecule has 33 heavy (non-hydrogen) atoms. The van der Waals surface area contributed by atoms with E-state index in [0.29, 0.717) is 13.0 Å². The maximum absolute atomic E-state index is 12.6. The quantitative estimate of drug-likeness (QED) is 0.235. The summed E-state index contributed by atoms with van der Waals surface area (Å²) in [5, 5.41) is 3.41. The Balaban J connectivity index is 0.00000306. The van der Waals surface area contributed by atoms with Crippen molar-refractivity contribution in [2.75, 3.05) is 26.2 Å². The van der Waals surface area contributed by atoms with Gasteiger partial charge in [-0.2, -0.15) is 0 Å². The number of aliphatic imine (C=N–C) groups is 1. The predicted octanol–water partition coefficient (Wildman–Crippen LogP) is 4.44. The zero-order valence-corrected chi connectivity index (χ0v) is 21.7. The first-order chi connectivity index (χ1) is 15.7. The second-order valence-corrected chi connectivity index (χ2v) is 8.48. The molecule has 2 aromatic carbocycles. The van der Waals surface area contributed by atoms with Crippen LogP contribution < -0.4 is 10.1 Å². The Kier molecular flexibility index (Phi) is 9.84. The number of halogens is 1. The van der Waals surface area contributed by atoms with Crippen LogP contribution in [0.5, 0.6) is 5.75 Å². The lowest BCUT2D eigenvalue weighted by Gasteiger charge is -2.34. The van der Waals surface area contributed by atoms with Crippen LogP contribution in [-0.4, -0.2) is 53.9 Å². The van der Waals surface area contributed by atoms with Gasteiger partial charge in [0.1, 0.15) is 11.9 Å². The van der Waals surface area contributed by atoms with Crippen molar-refractivity contribution < 1.29 is 9.53 Å². The molecule has 0 saturated carbocycles. The number of nitrogens with one attached hydrogen (secondary N) is 1. The van der Waals surface area contributed by atoms with E-state index < -0.39 is 0 Å². The van der Waals surface area contributed by atoms with E-state index in [-0.39, 0.29) is 36.0 Å². The smallest absolute Gasteiger partial charge is 0.223 e. The number of benzene rings is 2. The van der Waals surface area contributed by atoms with E-state index in [9.17, 15) is 4.79 Å². The molecule has 1 fully saturated rings. The number of nitrogens with zero attached hydrogens (tertiary/aromatic N) is 3. The Morgan fingerprint density at radius 2 is 1.64 bits per heavy atom. The molecule has 6 nitrogen and oxygen atoms in total. The zero-order chi connectivity index (χ0) is 22.2. The minimum Gasteiger partial charge on any atom is -0.490 e. The van der Waals surface area contributed by atoms with Crippen molar-refractivity contribution in [2.24, 2.45) is 4.99 Å². The Hall–Kier alpha value is -2.29. The van der Waals surface area contributed by atoms with Gasteiger partial charge in [-0.3, -0.25) is 9.79 Å². The molecule has 0 bridgehead atoms. The average Bonchev–Trinajstić information content (AvgIpc) is 3.27. The van der Waals surface area contributed by atoms with E-state index in [1.165, 1.54) is 11.1 Å². The summed E-state index contributed by atoms with van der Waals surface area (Å²) in [6.07, 6.45) is 3.53. The average molecular weight is 562 g/mol. The highest BCUT2D eigenvalue weighted by molar-refractivity contribution is 14.0. The molecule has 1 N–H and O–H groups in total. The van der Waals surface area contributed by atoms with Crippen molar-refractivity contribution in [1.29, 1.82) is 0 Å². The molecule has 0 aliphatic carbocycles. The van der Waals surface area contributed by atoms with Crippen LogP contribution in [0.1, 0.15) is 43.7 Å². The lowest BCUT2D eigenvalue weighted by Crippen LogP contribution is -2.47. The number of hydrogen-bond donors (Lipinski definition) is 1. The van der Waals surface area contributed by atoms with Gasteiger partial charge in [0, 0.05) is 58.5 Å². The number of para-hydroxylation sites is 1. The summed E-state index contributed by atoms with van der Waals surface area (Å²) in [6, 6.07) is 18.4. The van der Waals surface area contributed by atoms with Crippen molar-refractivity contribution in [3.8, 4) is 5.75 Å². The number of ether oxygens (including phenoxy) is 1. The third-order valence-corrected chi connectivity index (χ3v) is 6.13. The Bertz CT molecular complexity index is 889. The zero-order valence-electron chi connectivity index (χ0n) is 19.4. The molecule has 2 heterocycles. The second kappa shape index (κ2) is 12.8. The van der Waals surface area contributed by atoms with Gasteiger partial charge < -0.3 is 19.9 Å². The number of likely N-dealkylation sites (tertiary alicyclic amines) is 1. The van der Waals surface area contributed by atoms with Gasteiger partial charge in [-0.1, -0.05) is 42.5 Å². The van der Waals surface area contributed by atoms with Crippen LogP contribution in [0.3, 0.4) is 0 Å². The number of fused-ring (bicyclic) bond motifs is 1. The number of guanidine groups is 1. The van der Waals surface area contributed by atoms with Gasteiger partial charge in [0.05, 0.1) is 0 Å². The summed E-state index contributed by atoms with van der Waals surface area (Å²) in [5.41, 5.74) is 2.54. The highest BCUT2D eigenvalue weighted by Crippen LogP contribution is 2.23. The Morgan fingerprint density at radius 3 is 2.27 bits per heavy atom. The molecule has 0 spiro atoms. The van der Waals surface area contributed by atoms with Gasteiger partial charge in [-0.05, 0) is 36.6 Å². The normalized spacial score (nSPS) is 16.2. The minimum atomic E-state index is 0. The van der Waals surface area contributed by atoms with E-state index in [1.807, 2.05) is 47.4 Å². The monoisotopic (exact) mass is 562 g/mol. The molecule has 1 saturated heterocycles. The fraction of sp³-hybridized carbons (Fsp3) is 0.462. The van der Waals surface area contributed by atoms with Crippen molar-refractivity contribution in [2.45, 2.75) is 51.8 Å². The highest BCUT2D eigenvalue weighted by Gasteiger charge is 2.24. The molecule has 0 radical (unpaired) electrons. The molecule has 2 aromatic rings. The summed E-state index contributed by atoms with van der Waals surface area (Å²) >= 11 is 0. The molecule has 0 atom stereocenters. The number of carbonyl (C=O) groups excluding carboxylic acids is 1. The largest absolute Gasteiger partial charge is 0.490 e. The van der Waals surface area contributed by atoms with E-state index >= 15 is 0 Å². The third kappa shape index (κ3) is 7.09. The molecule has 4 rings (SSSR count). The fourth-order valence-electron chi connectivity index (χ4n) is 4.39. The topological polar surface area (TPSA) is 57.2 Å². The van der Waals surface area contributed by atoms with Gasteiger partial charge in [-0.25, -0.2) is 0 Å². The van der Waals surface area contributed by atoms with Crippen LogP contribution in [-0.2, 0) is 17.9 Å². The number of carbonyl (C=O) groups is 1. The predicted molar refractivity (Wildman–Crippen MR) is 143 cm³/mol. The van der Waals surface area contributed by atoms with Crippen LogP contribution in [0, 0.1) is 0 Å². The molecule has 178 valence electrons. The molecule has 7 heteroatoms. The summed E-state index contributed by atoms with van der Waals surface area (Å²) in [5.74, 6) is 2.12. The van der Waals surface area contributed by atoms with Gasteiger partial charge >= 0.3 is 0 Å². The van der Waals surface area contributed by atoms with Crippen LogP contribution in [0.4, 0.5) is 0 Å². The molecular weight excluding hydrogens is 527 g/mol. The molecule has 1 amide bonds. The van der Waals surface area contributed by atoms with Crippen LogP contribution in [0.2, 0.25) is 0 Å². The van der Waals surface area contributed by atoms with E-state index in [4.69, 9.17) is 9.73 Å². The minimum absolute atomic E-state index is 0. The first-order valence-corrected chi connectivity index (χ1v) is 11.8. The maximum atomic E-state index is 12.6. The molecule has 0 unspecified atom stereocenters. The number of rotatable bonds is 7. The number of amides is 1. The van der Waals surface area contributed by atoms with Crippen LogP contribution in [0.25, 0.3) is 0 Å². The van der Waals surface area contributed by atoms with Crippen molar-refractivity contribution >= 4 is 35.8 Å². The summed E-state index contributed by atoms with van der Waals surface area (Å²) in [7, 11) is 0. The van der Waals surface area contributed by atoms with Crippen molar-refractivity contribution in [3.05, 3.63) is 65.7 Å². The Labute approximate surface area is 214 Å². The number of piperidine rings is 1. The fourth-order valence-corrected chi connectivity index (χ4v) is 4.39. The lowest BCUT2D eigenvalue weighted by atomic mass is 10.1. The Morgan fingerprint density at radius 1 is 1.00 bits per heavy atom. The first kappa shape index (κ1) is 25.3. The van der Waals surface area contributed by atoms with Gasteiger partial charge in [0.25, 0.3) is 0 Å². The van der Waals surface area contributed by atoms with E-state index in [1.54, 1.807) is 0 Å². The standard InChI is InChI=1S/C26H34N4O2.HI/c1-2-27-26(29-17-14-24(15-18-29)32-23-11-4-3-5-12-23)28-16-8-13-25(31)30-19-21-9-6-7-10-22(21)20-30;/h3-7,9-12,24H,2,8,13-20H2,1H3,(H,27,28);1H. The number of hydrogen-bond acceptors (Lipinski definition) is 3. The first-order valence-electron chi connectivity index (χ1n) is 11.8. The summed E-state index contributed by atoms with van der Waals surface area (Å²) < 4.78 is 6.11. The van der Waals surface area contributed by atoms with E-state index in [0.717, 1.165) is 63.7 Å². The molecular formula is C26H35IN4O2. The summed E-state index contributed by atoms with van der Waals surface area (Å²) in [4.78, 5) is 21.7. The van der Waals surface area contributed by atoms with E-state index in [2.05, 4.69) is 29.3 Å². The lowest BCUT2D eigenvalue weighted by molar-refractivity contribution is -0.131.